The second-order valence-electron chi connectivity index (χ2n) is 6.42. The van der Waals surface area contributed by atoms with Gasteiger partial charge in [0.15, 0.2) is 11.5 Å². The number of morpholine rings is 1. The standard InChI is InChI=1S/C21H22N4O3/c1-15-22-13-16(14-23-15)18-11-17(28-20-6-4-3-5-19(20)26-2)12-21(24-18)25-7-9-27-10-8-25/h3-6,11-14H,7-10H2,1-2H3. The van der Waals surface area contributed by atoms with Gasteiger partial charge in [-0.1, -0.05) is 12.1 Å². The van der Waals surface area contributed by atoms with E-state index in [1.54, 1.807) is 19.5 Å². The number of nitrogens with zero attached hydrogens (tertiary/aromatic N) is 4. The van der Waals surface area contributed by atoms with Crippen LogP contribution in [0.2, 0.25) is 0 Å². The van der Waals surface area contributed by atoms with E-state index in [0.717, 1.165) is 36.0 Å². The predicted octanol–water partition coefficient (Wildman–Crippen LogP) is 3.48. The molecular formula is C21H22N4O3. The van der Waals surface area contributed by atoms with Crippen molar-refractivity contribution in [3.63, 3.8) is 0 Å². The van der Waals surface area contributed by atoms with Gasteiger partial charge in [0, 0.05) is 43.2 Å². The molecule has 0 bridgehead atoms. The molecule has 0 atom stereocenters. The summed E-state index contributed by atoms with van der Waals surface area (Å²) < 4.78 is 17.0. The van der Waals surface area contributed by atoms with Gasteiger partial charge in [0.2, 0.25) is 0 Å². The molecule has 1 aliphatic heterocycles. The SMILES string of the molecule is COc1ccccc1Oc1cc(-c2cnc(C)nc2)nc(N2CCOCC2)c1. The first-order valence-corrected chi connectivity index (χ1v) is 9.17. The fourth-order valence-electron chi connectivity index (χ4n) is 3.01. The monoisotopic (exact) mass is 378 g/mol. The second kappa shape index (κ2) is 8.22. The van der Waals surface area contributed by atoms with E-state index in [9.17, 15) is 0 Å². The molecule has 4 rings (SSSR count). The minimum absolute atomic E-state index is 0.648. The van der Waals surface area contributed by atoms with Crippen molar-refractivity contribution in [2.45, 2.75) is 6.92 Å². The maximum Gasteiger partial charge on any atom is 0.169 e. The highest BCUT2D eigenvalue weighted by Gasteiger charge is 2.16. The minimum atomic E-state index is 0.648. The topological polar surface area (TPSA) is 69.6 Å². The summed E-state index contributed by atoms with van der Waals surface area (Å²) in [5, 5.41) is 0. The summed E-state index contributed by atoms with van der Waals surface area (Å²) >= 11 is 0. The van der Waals surface area contributed by atoms with Crippen LogP contribution in [0.3, 0.4) is 0 Å². The lowest BCUT2D eigenvalue weighted by Gasteiger charge is -2.28. The molecular weight excluding hydrogens is 356 g/mol. The number of aryl methyl sites for hydroxylation is 1. The summed E-state index contributed by atoms with van der Waals surface area (Å²) in [6.45, 7) is 4.80. The van der Waals surface area contributed by atoms with Crippen molar-refractivity contribution >= 4 is 5.82 Å². The van der Waals surface area contributed by atoms with E-state index < -0.39 is 0 Å². The Morgan fingerprint density at radius 2 is 1.71 bits per heavy atom. The number of methoxy groups -OCH3 is 1. The van der Waals surface area contributed by atoms with Crippen molar-refractivity contribution in [3.05, 3.63) is 54.6 Å². The molecule has 0 N–H and O–H groups in total. The number of anilines is 1. The Morgan fingerprint density at radius 1 is 1.00 bits per heavy atom. The smallest absolute Gasteiger partial charge is 0.169 e. The first-order chi connectivity index (χ1) is 13.7. The van der Waals surface area contributed by atoms with Gasteiger partial charge in [-0.05, 0) is 19.1 Å². The number of para-hydroxylation sites is 2. The van der Waals surface area contributed by atoms with Crippen molar-refractivity contribution < 1.29 is 14.2 Å². The number of hydrogen-bond donors (Lipinski definition) is 0. The van der Waals surface area contributed by atoms with Crippen molar-refractivity contribution in [2.75, 3.05) is 38.3 Å². The molecule has 7 heteroatoms. The number of rotatable bonds is 5. The average molecular weight is 378 g/mol. The van der Waals surface area contributed by atoms with Gasteiger partial charge in [-0.25, -0.2) is 15.0 Å². The first kappa shape index (κ1) is 18.2. The maximum atomic E-state index is 6.15. The van der Waals surface area contributed by atoms with Crippen molar-refractivity contribution in [1.82, 2.24) is 15.0 Å². The van der Waals surface area contributed by atoms with E-state index >= 15 is 0 Å². The van der Waals surface area contributed by atoms with Crippen LogP contribution < -0.4 is 14.4 Å². The van der Waals surface area contributed by atoms with Crippen LogP contribution in [0.5, 0.6) is 17.2 Å². The number of aromatic nitrogens is 3. The fraction of sp³-hybridized carbons (Fsp3) is 0.286. The van der Waals surface area contributed by atoms with Gasteiger partial charge in [0.1, 0.15) is 17.4 Å². The Kier molecular flexibility index (Phi) is 5.34. The number of hydrogen-bond acceptors (Lipinski definition) is 7. The zero-order valence-electron chi connectivity index (χ0n) is 16.0. The van der Waals surface area contributed by atoms with Gasteiger partial charge in [0.25, 0.3) is 0 Å². The molecule has 1 fully saturated rings. The van der Waals surface area contributed by atoms with E-state index in [4.69, 9.17) is 19.2 Å². The summed E-state index contributed by atoms with van der Waals surface area (Å²) in [5.74, 6) is 3.56. The normalized spacial score (nSPS) is 14.0. The van der Waals surface area contributed by atoms with Crippen LogP contribution >= 0.6 is 0 Å². The van der Waals surface area contributed by atoms with Gasteiger partial charge < -0.3 is 19.1 Å². The highest BCUT2D eigenvalue weighted by Crippen LogP contribution is 2.34. The molecule has 2 aromatic heterocycles. The molecule has 0 aliphatic carbocycles. The van der Waals surface area contributed by atoms with Gasteiger partial charge in [-0.3, -0.25) is 0 Å². The van der Waals surface area contributed by atoms with Crippen molar-refractivity contribution in [1.29, 1.82) is 0 Å². The molecule has 1 saturated heterocycles. The number of pyridine rings is 1. The Bertz CT molecular complexity index is 941. The third-order valence-electron chi connectivity index (χ3n) is 4.49. The molecule has 28 heavy (non-hydrogen) atoms. The number of benzene rings is 1. The zero-order valence-corrected chi connectivity index (χ0v) is 16.0. The molecule has 1 aliphatic rings. The van der Waals surface area contributed by atoms with E-state index in [-0.39, 0.29) is 0 Å². The van der Waals surface area contributed by atoms with Gasteiger partial charge in [-0.2, -0.15) is 0 Å². The highest BCUT2D eigenvalue weighted by molar-refractivity contribution is 5.63. The van der Waals surface area contributed by atoms with Crippen molar-refractivity contribution in [2.24, 2.45) is 0 Å². The van der Waals surface area contributed by atoms with Crippen LogP contribution in [0.25, 0.3) is 11.3 Å². The molecule has 7 nitrogen and oxygen atoms in total. The molecule has 144 valence electrons. The van der Waals surface area contributed by atoms with Crippen LogP contribution in [0, 0.1) is 6.92 Å². The summed E-state index contributed by atoms with van der Waals surface area (Å²) in [4.78, 5) is 15.6. The lowest BCUT2D eigenvalue weighted by atomic mass is 10.2. The van der Waals surface area contributed by atoms with Gasteiger partial charge in [0.05, 0.1) is 26.0 Å². The average Bonchev–Trinajstić information content (AvgIpc) is 2.75. The lowest BCUT2D eigenvalue weighted by Crippen LogP contribution is -2.36. The zero-order chi connectivity index (χ0) is 19.3. The fourth-order valence-corrected chi connectivity index (χ4v) is 3.01. The van der Waals surface area contributed by atoms with Crippen LogP contribution in [0.15, 0.2) is 48.8 Å². The molecule has 0 unspecified atom stereocenters. The Morgan fingerprint density at radius 3 is 2.43 bits per heavy atom. The summed E-state index contributed by atoms with van der Waals surface area (Å²) in [5.41, 5.74) is 1.60. The maximum absolute atomic E-state index is 6.15. The molecule has 0 spiro atoms. The second-order valence-corrected chi connectivity index (χ2v) is 6.42. The Hall–Kier alpha value is -3.19. The van der Waals surface area contributed by atoms with E-state index in [2.05, 4.69) is 14.9 Å². The van der Waals surface area contributed by atoms with Crippen LogP contribution in [0.4, 0.5) is 5.82 Å². The molecule has 0 amide bonds. The quantitative estimate of drug-likeness (QED) is 0.673. The molecule has 0 radical (unpaired) electrons. The summed E-state index contributed by atoms with van der Waals surface area (Å²) in [7, 11) is 1.63. The molecule has 3 heterocycles. The van der Waals surface area contributed by atoms with Gasteiger partial charge in [-0.15, -0.1) is 0 Å². The van der Waals surface area contributed by atoms with Crippen LogP contribution in [-0.2, 0) is 4.74 Å². The van der Waals surface area contributed by atoms with Gasteiger partial charge >= 0.3 is 0 Å². The van der Waals surface area contributed by atoms with Crippen LogP contribution in [-0.4, -0.2) is 48.4 Å². The largest absolute Gasteiger partial charge is 0.493 e. The minimum Gasteiger partial charge on any atom is -0.493 e. The third kappa shape index (κ3) is 4.04. The molecule has 0 saturated carbocycles. The van der Waals surface area contributed by atoms with E-state index in [1.807, 2.05) is 43.3 Å². The Balaban J connectivity index is 1.73. The van der Waals surface area contributed by atoms with Crippen LogP contribution in [0.1, 0.15) is 5.82 Å². The third-order valence-corrected chi connectivity index (χ3v) is 4.49. The molecule has 1 aromatic carbocycles. The number of ether oxygens (including phenoxy) is 3. The Labute approximate surface area is 163 Å². The van der Waals surface area contributed by atoms with Crippen molar-refractivity contribution in [3.8, 4) is 28.5 Å². The lowest BCUT2D eigenvalue weighted by molar-refractivity contribution is 0.122. The first-order valence-electron chi connectivity index (χ1n) is 9.17. The van der Waals surface area contributed by atoms with E-state index in [1.165, 1.54) is 0 Å². The summed E-state index contributed by atoms with van der Waals surface area (Å²) in [6.07, 6.45) is 3.56. The summed E-state index contributed by atoms with van der Waals surface area (Å²) in [6, 6.07) is 11.4. The molecule has 3 aromatic rings. The predicted molar refractivity (Wildman–Crippen MR) is 106 cm³/mol. The van der Waals surface area contributed by atoms with E-state index in [0.29, 0.717) is 30.5 Å². The highest BCUT2D eigenvalue weighted by atomic mass is 16.5.